The summed E-state index contributed by atoms with van der Waals surface area (Å²) in [6.45, 7) is 6.69. The highest BCUT2D eigenvalue weighted by Gasteiger charge is 2.19. The smallest absolute Gasteiger partial charge is 0.317 e. The van der Waals surface area contributed by atoms with Crippen molar-refractivity contribution in [1.82, 2.24) is 14.7 Å². The lowest BCUT2D eigenvalue weighted by Gasteiger charge is -2.25. The Morgan fingerprint density at radius 3 is 2.69 bits per heavy atom. The normalized spacial score (nSPS) is 13.1. The summed E-state index contributed by atoms with van der Waals surface area (Å²) in [7, 11) is 1.87. The van der Waals surface area contributed by atoms with E-state index < -0.39 is 5.97 Å². The average molecular weight is 225 g/mol. The Morgan fingerprint density at radius 2 is 2.31 bits per heavy atom. The van der Waals surface area contributed by atoms with Gasteiger partial charge in [-0.1, -0.05) is 6.92 Å². The molecule has 0 aliphatic rings. The van der Waals surface area contributed by atoms with Crippen LogP contribution in [0.4, 0.5) is 0 Å². The topological polar surface area (TPSA) is 58.4 Å². The van der Waals surface area contributed by atoms with Crippen LogP contribution in [0.3, 0.4) is 0 Å². The van der Waals surface area contributed by atoms with E-state index in [1.165, 1.54) is 0 Å². The summed E-state index contributed by atoms with van der Waals surface area (Å²) >= 11 is 0. The molecule has 1 atom stereocenters. The van der Waals surface area contributed by atoms with Crippen molar-refractivity contribution >= 4 is 5.97 Å². The van der Waals surface area contributed by atoms with Crippen LogP contribution in [0.15, 0.2) is 6.20 Å². The molecular weight excluding hydrogens is 206 g/mol. The summed E-state index contributed by atoms with van der Waals surface area (Å²) in [4.78, 5) is 12.6. The van der Waals surface area contributed by atoms with Crippen LogP contribution in [-0.2, 0) is 11.8 Å². The highest BCUT2D eigenvalue weighted by atomic mass is 16.4. The van der Waals surface area contributed by atoms with Crippen LogP contribution in [-0.4, -0.2) is 38.8 Å². The third-order valence-corrected chi connectivity index (χ3v) is 2.79. The molecule has 1 aromatic rings. The molecule has 1 rings (SSSR count). The van der Waals surface area contributed by atoms with Gasteiger partial charge in [-0.3, -0.25) is 14.4 Å². The van der Waals surface area contributed by atoms with Crippen molar-refractivity contribution in [3.63, 3.8) is 0 Å². The Balaban J connectivity index is 2.86. The summed E-state index contributed by atoms with van der Waals surface area (Å²) in [6, 6.07) is 0.0785. The second kappa shape index (κ2) is 5.12. The molecule has 0 saturated heterocycles. The molecule has 0 saturated carbocycles. The van der Waals surface area contributed by atoms with E-state index >= 15 is 0 Å². The molecule has 1 unspecified atom stereocenters. The Morgan fingerprint density at radius 1 is 1.69 bits per heavy atom. The predicted molar refractivity (Wildman–Crippen MR) is 61.2 cm³/mol. The van der Waals surface area contributed by atoms with Crippen LogP contribution in [0, 0.1) is 6.92 Å². The minimum absolute atomic E-state index is 0.0615. The fourth-order valence-corrected chi connectivity index (χ4v) is 1.92. The molecule has 0 aliphatic carbocycles. The molecule has 1 N–H and O–H groups in total. The van der Waals surface area contributed by atoms with E-state index in [-0.39, 0.29) is 12.6 Å². The van der Waals surface area contributed by atoms with Gasteiger partial charge in [-0.25, -0.2) is 0 Å². The molecule has 1 aromatic heterocycles. The maximum Gasteiger partial charge on any atom is 0.317 e. The SMILES string of the molecule is CCN(CC(=O)O)C(C)c1cn(C)nc1C. The van der Waals surface area contributed by atoms with Gasteiger partial charge < -0.3 is 5.11 Å². The summed E-state index contributed by atoms with van der Waals surface area (Å²) in [5, 5.41) is 13.1. The molecule has 0 spiro atoms. The first-order chi connectivity index (χ1) is 7.45. The first-order valence-corrected chi connectivity index (χ1v) is 5.41. The van der Waals surface area contributed by atoms with Crippen molar-refractivity contribution in [2.75, 3.05) is 13.1 Å². The van der Waals surface area contributed by atoms with Crippen LogP contribution < -0.4 is 0 Å². The van der Waals surface area contributed by atoms with Crippen LogP contribution in [0.2, 0.25) is 0 Å². The molecule has 0 amide bonds. The number of aromatic nitrogens is 2. The fraction of sp³-hybridized carbons (Fsp3) is 0.636. The van der Waals surface area contributed by atoms with Gasteiger partial charge >= 0.3 is 5.97 Å². The first kappa shape index (κ1) is 12.7. The Hall–Kier alpha value is -1.36. The van der Waals surface area contributed by atoms with Gasteiger partial charge in [0.1, 0.15) is 0 Å². The zero-order valence-electron chi connectivity index (χ0n) is 10.3. The van der Waals surface area contributed by atoms with Crippen LogP contribution in [0.25, 0.3) is 0 Å². The summed E-state index contributed by atoms with van der Waals surface area (Å²) < 4.78 is 1.76. The number of carboxylic acid groups (broad SMARTS) is 1. The number of nitrogens with zero attached hydrogens (tertiary/aromatic N) is 3. The lowest BCUT2D eigenvalue weighted by molar-refractivity contribution is -0.138. The number of rotatable bonds is 5. The van der Waals surface area contributed by atoms with Gasteiger partial charge in [0.25, 0.3) is 0 Å². The molecule has 0 aromatic carbocycles. The van der Waals surface area contributed by atoms with Crippen molar-refractivity contribution in [3.8, 4) is 0 Å². The Labute approximate surface area is 95.7 Å². The number of likely N-dealkylation sites (N-methyl/N-ethyl adjacent to an activating group) is 1. The molecule has 5 heteroatoms. The predicted octanol–water partition coefficient (Wildman–Crippen LogP) is 1.20. The number of aliphatic carboxylic acids is 1. The second-order valence-electron chi connectivity index (χ2n) is 3.98. The lowest BCUT2D eigenvalue weighted by Crippen LogP contribution is -2.32. The third-order valence-electron chi connectivity index (χ3n) is 2.79. The van der Waals surface area contributed by atoms with E-state index in [0.29, 0.717) is 6.54 Å². The first-order valence-electron chi connectivity index (χ1n) is 5.41. The minimum atomic E-state index is -0.796. The molecular formula is C11H19N3O2. The van der Waals surface area contributed by atoms with Crippen molar-refractivity contribution < 1.29 is 9.90 Å². The standard InChI is InChI=1S/C11H19N3O2/c1-5-14(7-11(15)16)9(3)10-6-13(4)12-8(10)2/h6,9H,5,7H2,1-4H3,(H,15,16). The van der Waals surface area contributed by atoms with Gasteiger partial charge in [0.15, 0.2) is 0 Å². The van der Waals surface area contributed by atoms with E-state index in [4.69, 9.17) is 5.11 Å². The lowest BCUT2D eigenvalue weighted by atomic mass is 10.1. The number of hydrogen-bond donors (Lipinski definition) is 1. The maximum atomic E-state index is 10.7. The van der Waals surface area contributed by atoms with E-state index in [2.05, 4.69) is 5.10 Å². The Kier molecular flexibility index (Phi) is 4.06. The van der Waals surface area contributed by atoms with Crippen molar-refractivity contribution in [2.45, 2.75) is 26.8 Å². The fourth-order valence-electron chi connectivity index (χ4n) is 1.92. The van der Waals surface area contributed by atoms with E-state index in [1.54, 1.807) is 4.68 Å². The van der Waals surface area contributed by atoms with Gasteiger partial charge in [-0.05, 0) is 20.4 Å². The molecule has 0 aliphatic heterocycles. The summed E-state index contributed by atoms with van der Waals surface area (Å²) in [6.07, 6.45) is 1.95. The molecule has 0 fully saturated rings. The highest BCUT2D eigenvalue weighted by Crippen LogP contribution is 2.21. The molecule has 0 radical (unpaired) electrons. The van der Waals surface area contributed by atoms with Gasteiger partial charge in [-0.2, -0.15) is 5.10 Å². The van der Waals surface area contributed by atoms with E-state index in [9.17, 15) is 4.79 Å². The minimum Gasteiger partial charge on any atom is -0.480 e. The van der Waals surface area contributed by atoms with Gasteiger partial charge in [0.05, 0.1) is 12.2 Å². The Bertz CT molecular complexity index is 373. The molecule has 90 valence electrons. The number of carbonyl (C=O) groups is 1. The highest BCUT2D eigenvalue weighted by molar-refractivity contribution is 5.69. The molecule has 16 heavy (non-hydrogen) atoms. The van der Waals surface area contributed by atoms with Crippen LogP contribution >= 0.6 is 0 Å². The number of aryl methyl sites for hydroxylation is 2. The summed E-state index contributed by atoms with van der Waals surface area (Å²) in [5.41, 5.74) is 2.05. The largest absolute Gasteiger partial charge is 0.480 e. The van der Waals surface area contributed by atoms with Crippen molar-refractivity contribution in [3.05, 3.63) is 17.5 Å². The number of carboxylic acids is 1. The van der Waals surface area contributed by atoms with Gasteiger partial charge in [-0.15, -0.1) is 0 Å². The third kappa shape index (κ3) is 2.82. The zero-order chi connectivity index (χ0) is 12.3. The second-order valence-corrected chi connectivity index (χ2v) is 3.98. The average Bonchev–Trinajstić information content (AvgIpc) is 2.53. The maximum absolute atomic E-state index is 10.7. The van der Waals surface area contributed by atoms with Crippen molar-refractivity contribution in [2.24, 2.45) is 7.05 Å². The number of hydrogen-bond acceptors (Lipinski definition) is 3. The quantitative estimate of drug-likeness (QED) is 0.818. The molecule has 5 nitrogen and oxygen atoms in total. The van der Waals surface area contributed by atoms with Crippen molar-refractivity contribution in [1.29, 1.82) is 0 Å². The zero-order valence-corrected chi connectivity index (χ0v) is 10.3. The van der Waals surface area contributed by atoms with Gasteiger partial charge in [0, 0.05) is 24.8 Å². The van der Waals surface area contributed by atoms with Gasteiger partial charge in [0.2, 0.25) is 0 Å². The van der Waals surface area contributed by atoms with E-state index in [1.807, 2.05) is 38.9 Å². The van der Waals surface area contributed by atoms with Crippen LogP contribution in [0.1, 0.15) is 31.1 Å². The monoisotopic (exact) mass is 225 g/mol. The summed E-state index contributed by atoms with van der Waals surface area (Å²) in [5.74, 6) is -0.796. The molecule has 0 bridgehead atoms. The molecule has 1 heterocycles. The van der Waals surface area contributed by atoms with Crippen LogP contribution in [0.5, 0.6) is 0 Å². The van der Waals surface area contributed by atoms with E-state index in [0.717, 1.165) is 11.3 Å².